The number of nitrogens with one attached hydrogen (secondary N) is 2. The van der Waals surface area contributed by atoms with Gasteiger partial charge < -0.3 is 15.4 Å². The molecular formula is C24H20N4O3. The Kier molecular flexibility index (Phi) is 4.63. The number of aromatic hydroxyl groups is 1. The number of nitrogens with zero attached hydrogens (tertiary/aromatic N) is 2. The van der Waals surface area contributed by atoms with Crippen molar-refractivity contribution in [1.29, 1.82) is 0 Å². The van der Waals surface area contributed by atoms with Crippen molar-refractivity contribution in [2.45, 2.75) is 12.8 Å². The Labute approximate surface area is 178 Å². The molecule has 3 N–H and O–H groups in total. The van der Waals surface area contributed by atoms with E-state index in [0.29, 0.717) is 22.2 Å². The van der Waals surface area contributed by atoms with E-state index in [-0.39, 0.29) is 11.6 Å². The average Bonchev–Trinajstić information content (AvgIpc) is 3.12. The lowest BCUT2D eigenvalue weighted by atomic mass is 10.00. The minimum absolute atomic E-state index is 0.0417. The second-order valence-corrected chi connectivity index (χ2v) is 7.53. The molecule has 4 aromatic rings. The molecule has 7 heteroatoms. The molecule has 3 aromatic carbocycles. The number of nitro groups is 1. The molecule has 0 fully saturated rings. The van der Waals surface area contributed by atoms with E-state index in [0.717, 1.165) is 36.3 Å². The van der Waals surface area contributed by atoms with Gasteiger partial charge in [0.05, 0.1) is 21.9 Å². The average molecular weight is 412 g/mol. The summed E-state index contributed by atoms with van der Waals surface area (Å²) in [6.45, 7) is 0.965. The molecule has 2 heterocycles. The molecule has 31 heavy (non-hydrogen) atoms. The van der Waals surface area contributed by atoms with E-state index in [1.807, 2.05) is 42.5 Å². The van der Waals surface area contributed by atoms with E-state index in [1.54, 1.807) is 6.07 Å². The Balaban J connectivity index is 1.73. The van der Waals surface area contributed by atoms with Crippen molar-refractivity contribution in [3.05, 3.63) is 93.5 Å². The van der Waals surface area contributed by atoms with Crippen LogP contribution in [0, 0.1) is 10.1 Å². The van der Waals surface area contributed by atoms with Crippen LogP contribution in [-0.2, 0) is 6.42 Å². The van der Waals surface area contributed by atoms with Crippen LogP contribution in [0.5, 0.6) is 5.88 Å². The first-order valence-electron chi connectivity index (χ1n) is 10.1. The van der Waals surface area contributed by atoms with Crippen LogP contribution in [0.2, 0.25) is 0 Å². The third-order valence-corrected chi connectivity index (χ3v) is 5.53. The maximum Gasteiger partial charge on any atom is 0.270 e. The molecule has 1 aliphatic rings. The predicted molar refractivity (Wildman–Crippen MR) is 122 cm³/mol. The molecule has 154 valence electrons. The molecule has 0 saturated heterocycles. The van der Waals surface area contributed by atoms with Crippen LogP contribution in [0.1, 0.15) is 23.1 Å². The number of hydrogen-bond acceptors (Lipinski definition) is 5. The SMILES string of the molecule is O=[N+]([O-])c1ccc2[nH]c(O)c(C(=Nc3ccc4c(c3)CCCN4)c3ccccc3)c2c1. The van der Waals surface area contributed by atoms with Gasteiger partial charge in [0, 0.05) is 40.8 Å². The number of rotatable bonds is 4. The van der Waals surface area contributed by atoms with Gasteiger partial charge in [-0.15, -0.1) is 0 Å². The fourth-order valence-electron chi connectivity index (χ4n) is 4.04. The Morgan fingerprint density at radius 2 is 1.90 bits per heavy atom. The first-order valence-corrected chi connectivity index (χ1v) is 10.1. The molecule has 0 aliphatic carbocycles. The van der Waals surface area contributed by atoms with Gasteiger partial charge in [-0.1, -0.05) is 30.3 Å². The molecule has 0 amide bonds. The summed E-state index contributed by atoms with van der Waals surface area (Å²) < 4.78 is 0. The second-order valence-electron chi connectivity index (χ2n) is 7.53. The Hall–Kier alpha value is -4.13. The molecule has 0 unspecified atom stereocenters. The summed E-state index contributed by atoms with van der Waals surface area (Å²) in [6, 6.07) is 20.0. The third kappa shape index (κ3) is 3.50. The Morgan fingerprint density at radius 3 is 2.71 bits per heavy atom. The number of aromatic nitrogens is 1. The number of anilines is 1. The molecule has 0 atom stereocenters. The number of nitro benzene ring substituents is 1. The molecular weight excluding hydrogens is 392 g/mol. The van der Waals surface area contributed by atoms with E-state index in [9.17, 15) is 15.2 Å². The monoisotopic (exact) mass is 412 g/mol. The van der Waals surface area contributed by atoms with Gasteiger partial charge in [0.15, 0.2) is 5.88 Å². The Bertz CT molecular complexity index is 1330. The highest BCUT2D eigenvalue weighted by molar-refractivity contribution is 6.22. The van der Waals surface area contributed by atoms with Crippen LogP contribution < -0.4 is 5.32 Å². The quantitative estimate of drug-likeness (QED) is 0.240. The van der Waals surface area contributed by atoms with Gasteiger partial charge in [-0.3, -0.25) is 10.1 Å². The van der Waals surface area contributed by atoms with E-state index in [1.165, 1.54) is 17.7 Å². The zero-order valence-electron chi connectivity index (χ0n) is 16.6. The van der Waals surface area contributed by atoms with Gasteiger partial charge in [0.2, 0.25) is 0 Å². The summed E-state index contributed by atoms with van der Waals surface area (Å²) in [6.07, 6.45) is 2.05. The number of aryl methyl sites for hydroxylation is 1. The number of benzene rings is 3. The summed E-state index contributed by atoms with van der Waals surface area (Å²) in [7, 11) is 0. The van der Waals surface area contributed by atoms with Crippen molar-refractivity contribution in [3.63, 3.8) is 0 Å². The number of fused-ring (bicyclic) bond motifs is 2. The highest BCUT2D eigenvalue weighted by Crippen LogP contribution is 2.34. The van der Waals surface area contributed by atoms with E-state index >= 15 is 0 Å². The van der Waals surface area contributed by atoms with Crippen molar-refractivity contribution in [2.75, 3.05) is 11.9 Å². The zero-order chi connectivity index (χ0) is 21.4. The summed E-state index contributed by atoms with van der Waals surface area (Å²) >= 11 is 0. The molecule has 7 nitrogen and oxygen atoms in total. The van der Waals surface area contributed by atoms with E-state index in [4.69, 9.17) is 4.99 Å². The van der Waals surface area contributed by atoms with Gasteiger partial charge >= 0.3 is 0 Å². The lowest BCUT2D eigenvalue weighted by Gasteiger charge is -2.18. The molecule has 0 spiro atoms. The minimum Gasteiger partial charge on any atom is -0.494 e. The van der Waals surface area contributed by atoms with Crippen LogP contribution >= 0.6 is 0 Å². The fraction of sp³-hybridized carbons (Fsp3) is 0.125. The molecule has 1 aliphatic heterocycles. The van der Waals surface area contributed by atoms with Crippen LogP contribution in [0.3, 0.4) is 0 Å². The summed E-state index contributed by atoms with van der Waals surface area (Å²) in [5, 5.41) is 26.0. The standard InChI is InChI=1S/C24H20N4O3/c29-24-22(19-14-18(28(30)31)9-11-21(19)27-24)23(15-5-2-1-3-6-15)26-17-8-10-20-16(13-17)7-4-12-25-20/h1-3,5-6,8-11,13-14,25,27,29H,4,7,12H2. The summed E-state index contributed by atoms with van der Waals surface area (Å²) in [5.74, 6) is -0.0715. The molecule has 0 saturated carbocycles. The van der Waals surface area contributed by atoms with Crippen molar-refractivity contribution < 1.29 is 10.0 Å². The van der Waals surface area contributed by atoms with Gasteiger partial charge in [0.25, 0.3) is 5.69 Å². The lowest BCUT2D eigenvalue weighted by molar-refractivity contribution is -0.384. The van der Waals surface area contributed by atoms with Gasteiger partial charge in [-0.2, -0.15) is 0 Å². The highest BCUT2D eigenvalue weighted by Gasteiger charge is 2.21. The van der Waals surface area contributed by atoms with Crippen LogP contribution in [0.15, 0.2) is 71.7 Å². The van der Waals surface area contributed by atoms with Gasteiger partial charge in [-0.25, -0.2) is 4.99 Å². The van der Waals surface area contributed by atoms with Crippen molar-refractivity contribution in [2.24, 2.45) is 4.99 Å². The zero-order valence-corrected chi connectivity index (χ0v) is 16.6. The minimum atomic E-state index is -0.441. The largest absolute Gasteiger partial charge is 0.494 e. The molecule has 0 radical (unpaired) electrons. The Morgan fingerprint density at radius 1 is 1.06 bits per heavy atom. The van der Waals surface area contributed by atoms with E-state index < -0.39 is 4.92 Å². The maximum absolute atomic E-state index is 11.3. The molecule has 1 aromatic heterocycles. The number of aromatic amines is 1. The highest BCUT2D eigenvalue weighted by atomic mass is 16.6. The van der Waals surface area contributed by atoms with Crippen LogP contribution in [0.4, 0.5) is 17.1 Å². The van der Waals surface area contributed by atoms with Gasteiger partial charge in [0.1, 0.15) is 0 Å². The van der Waals surface area contributed by atoms with Crippen LogP contribution in [0.25, 0.3) is 10.9 Å². The first-order chi connectivity index (χ1) is 15.1. The van der Waals surface area contributed by atoms with Crippen molar-refractivity contribution >= 4 is 33.7 Å². The number of hydrogen-bond donors (Lipinski definition) is 3. The normalized spacial score (nSPS) is 13.6. The van der Waals surface area contributed by atoms with E-state index in [2.05, 4.69) is 16.4 Å². The fourth-order valence-corrected chi connectivity index (χ4v) is 4.04. The van der Waals surface area contributed by atoms with Crippen molar-refractivity contribution in [1.82, 2.24) is 4.98 Å². The molecule has 0 bridgehead atoms. The number of non-ortho nitro benzene ring substituents is 1. The smallest absolute Gasteiger partial charge is 0.270 e. The van der Waals surface area contributed by atoms with Crippen molar-refractivity contribution in [3.8, 4) is 5.88 Å². The predicted octanol–water partition coefficient (Wildman–Crippen LogP) is 5.31. The third-order valence-electron chi connectivity index (χ3n) is 5.53. The number of aliphatic imine (C=N–C) groups is 1. The molecule has 5 rings (SSSR count). The maximum atomic E-state index is 11.3. The summed E-state index contributed by atoms with van der Waals surface area (Å²) in [4.78, 5) is 18.7. The second kappa shape index (κ2) is 7.60. The lowest BCUT2D eigenvalue weighted by Crippen LogP contribution is -2.11. The van der Waals surface area contributed by atoms with Crippen LogP contribution in [-0.4, -0.2) is 27.3 Å². The summed E-state index contributed by atoms with van der Waals surface area (Å²) in [5.41, 5.74) is 5.46. The first kappa shape index (κ1) is 18.9. The number of H-pyrrole nitrogens is 1. The topological polar surface area (TPSA) is 104 Å². The van der Waals surface area contributed by atoms with Gasteiger partial charge in [-0.05, 0) is 42.7 Å².